The molecule has 0 spiro atoms. The van der Waals surface area contributed by atoms with E-state index in [-0.39, 0.29) is 11.7 Å². The van der Waals surface area contributed by atoms with E-state index in [2.05, 4.69) is 18.8 Å². The fourth-order valence-corrected chi connectivity index (χ4v) is 2.21. The fraction of sp³-hybridized carbons (Fsp3) is 0.462. The lowest BCUT2D eigenvalue weighted by Crippen LogP contribution is -2.21. The van der Waals surface area contributed by atoms with Crippen LogP contribution in [0.2, 0.25) is 0 Å². The number of para-hydroxylation sites is 1. The average molecular weight is 235 g/mol. The molecule has 2 N–H and O–H groups in total. The topological polar surface area (TPSA) is 43.8 Å². The summed E-state index contributed by atoms with van der Waals surface area (Å²) < 4.78 is 15.6. The Kier molecular flexibility index (Phi) is 3.15. The summed E-state index contributed by atoms with van der Waals surface area (Å²) in [6.07, 6.45) is 0. The lowest BCUT2D eigenvalue weighted by atomic mass is 9.95. The molecule has 4 heteroatoms. The van der Waals surface area contributed by atoms with E-state index in [1.54, 1.807) is 6.07 Å². The quantitative estimate of drug-likeness (QED) is 0.887. The Morgan fingerprint density at radius 2 is 2.12 bits per heavy atom. The Morgan fingerprint density at radius 1 is 1.41 bits per heavy atom. The highest BCUT2D eigenvalue weighted by molar-refractivity contribution is 5.76. The van der Waals surface area contributed by atoms with Gasteiger partial charge in [-0.2, -0.15) is 0 Å². The molecular weight excluding hydrogens is 217 g/mol. The van der Waals surface area contributed by atoms with Crippen LogP contribution in [-0.4, -0.2) is 16.1 Å². The summed E-state index contributed by atoms with van der Waals surface area (Å²) in [6, 6.07) is 5.02. The van der Waals surface area contributed by atoms with Crippen LogP contribution in [0.15, 0.2) is 18.2 Å². The van der Waals surface area contributed by atoms with E-state index >= 15 is 0 Å². The molecule has 1 heterocycles. The first-order valence-corrected chi connectivity index (χ1v) is 5.87. The van der Waals surface area contributed by atoms with Crippen LogP contribution < -0.4 is 5.73 Å². The van der Waals surface area contributed by atoms with Crippen molar-refractivity contribution in [2.75, 3.05) is 6.54 Å². The van der Waals surface area contributed by atoms with Gasteiger partial charge in [-0.3, -0.25) is 0 Å². The van der Waals surface area contributed by atoms with E-state index in [4.69, 9.17) is 5.73 Å². The van der Waals surface area contributed by atoms with E-state index < -0.39 is 0 Å². The van der Waals surface area contributed by atoms with E-state index in [9.17, 15) is 4.39 Å². The Morgan fingerprint density at radius 3 is 2.65 bits per heavy atom. The summed E-state index contributed by atoms with van der Waals surface area (Å²) in [5.74, 6) is 1.14. The number of halogens is 1. The van der Waals surface area contributed by atoms with Crippen molar-refractivity contribution in [3.63, 3.8) is 0 Å². The van der Waals surface area contributed by atoms with Crippen molar-refractivity contribution in [2.24, 2.45) is 18.7 Å². The predicted octanol–water partition coefficient (Wildman–Crippen LogP) is 2.41. The Balaban J connectivity index is 2.63. The zero-order valence-electron chi connectivity index (χ0n) is 10.4. The number of benzene rings is 1. The summed E-state index contributed by atoms with van der Waals surface area (Å²) in [7, 11) is 1.91. The van der Waals surface area contributed by atoms with Gasteiger partial charge in [-0.05, 0) is 18.1 Å². The molecule has 3 nitrogen and oxygen atoms in total. The fourth-order valence-electron chi connectivity index (χ4n) is 2.21. The van der Waals surface area contributed by atoms with Crippen LogP contribution in [0.5, 0.6) is 0 Å². The molecule has 0 amide bonds. The van der Waals surface area contributed by atoms with Gasteiger partial charge in [0.05, 0.1) is 5.52 Å². The maximum Gasteiger partial charge on any atom is 0.151 e. The Bertz CT molecular complexity index is 531. The smallest absolute Gasteiger partial charge is 0.151 e. The van der Waals surface area contributed by atoms with Gasteiger partial charge < -0.3 is 10.3 Å². The van der Waals surface area contributed by atoms with Gasteiger partial charge in [0, 0.05) is 19.5 Å². The lowest BCUT2D eigenvalue weighted by Gasteiger charge is -2.18. The molecule has 0 aliphatic carbocycles. The number of aromatic nitrogens is 2. The number of aryl methyl sites for hydroxylation is 1. The van der Waals surface area contributed by atoms with Gasteiger partial charge in [0.1, 0.15) is 11.3 Å². The van der Waals surface area contributed by atoms with Crippen LogP contribution in [0, 0.1) is 11.7 Å². The standard InChI is InChI=1S/C13H18FN3/c1-8(2)9(7-15)13-16-12-10(14)5-4-6-11(12)17(13)3/h4-6,8-9H,7,15H2,1-3H3. The van der Waals surface area contributed by atoms with Gasteiger partial charge in [-0.15, -0.1) is 0 Å². The maximum absolute atomic E-state index is 13.6. The summed E-state index contributed by atoms with van der Waals surface area (Å²) >= 11 is 0. The first-order valence-electron chi connectivity index (χ1n) is 5.87. The summed E-state index contributed by atoms with van der Waals surface area (Å²) in [6.45, 7) is 4.73. The molecule has 0 bridgehead atoms. The van der Waals surface area contributed by atoms with Crippen molar-refractivity contribution in [1.82, 2.24) is 9.55 Å². The molecule has 1 aromatic heterocycles. The molecule has 0 aliphatic heterocycles. The van der Waals surface area contributed by atoms with Crippen LogP contribution in [0.25, 0.3) is 11.0 Å². The predicted molar refractivity (Wildman–Crippen MR) is 67.3 cm³/mol. The van der Waals surface area contributed by atoms with Gasteiger partial charge in [0.2, 0.25) is 0 Å². The molecule has 0 radical (unpaired) electrons. The summed E-state index contributed by atoms with van der Waals surface area (Å²) in [5, 5.41) is 0. The van der Waals surface area contributed by atoms with E-state index in [1.807, 2.05) is 17.7 Å². The number of hydrogen-bond acceptors (Lipinski definition) is 2. The normalized spacial score (nSPS) is 13.5. The molecule has 2 rings (SSSR count). The first-order chi connectivity index (χ1) is 8.06. The van der Waals surface area contributed by atoms with Crippen LogP contribution in [0.1, 0.15) is 25.6 Å². The molecule has 1 unspecified atom stereocenters. The maximum atomic E-state index is 13.6. The Labute approximate surface area is 100 Å². The highest BCUT2D eigenvalue weighted by atomic mass is 19.1. The highest BCUT2D eigenvalue weighted by Crippen LogP contribution is 2.26. The van der Waals surface area contributed by atoms with Crippen molar-refractivity contribution in [3.05, 3.63) is 29.8 Å². The highest BCUT2D eigenvalue weighted by Gasteiger charge is 2.21. The van der Waals surface area contributed by atoms with Crippen LogP contribution >= 0.6 is 0 Å². The zero-order chi connectivity index (χ0) is 12.6. The van der Waals surface area contributed by atoms with Crippen molar-refractivity contribution in [1.29, 1.82) is 0 Å². The van der Waals surface area contributed by atoms with Crippen molar-refractivity contribution in [3.8, 4) is 0 Å². The second kappa shape index (κ2) is 4.45. The molecule has 1 aromatic carbocycles. The molecule has 0 fully saturated rings. The van der Waals surface area contributed by atoms with Crippen molar-refractivity contribution in [2.45, 2.75) is 19.8 Å². The minimum atomic E-state index is -0.274. The second-order valence-corrected chi connectivity index (χ2v) is 4.72. The average Bonchev–Trinajstić information content (AvgIpc) is 2.60. The van der Waals surface area contributed by atoms with Gasteiger partial charge in [0.15, 0.2) is 5.82 Å². The third-order valence-corrected chi connectivity index (χ3v) is 3.29. The number of nitrogens with two attached hydrogens (primary N) is 1. The lowest BCUT2D eigenvalue weighted by molar-refractivity contribution is 0.473. The zero-order valence-corrected chi connectivity index (χ0v) is 10.4. The van der Waals surface area contributed by atoms with E-state index in [0.29, 0.717) is 18.0 Å². The minimum Gasteiger partial charge on any atom is -0.331 e. The number of hydrogen-bond donors (Lipinski definition) is 1. The summed E-state index contributed by atoms with van der Waals surface area (Å²) in [4.78, 5) is 4.41. The Hall–Kier alpha value is -1.42. The molecular formula is C13H18FN3. The van der Waals surface area contributed by atoms with Gasteiger partial charge in [-0.25, -0.2) is 9.37 Å². The molecule has 0 saturated heterocycles. The molecule has 92 valence electrons. The second-order valence-electron chi connectivity index (χ2n) is 4.72. The molecule has 2 aromatic rings. The van der Waals surface area contributed by atoms with Crippen molar-refractivity contribution < 1.29 is 4.39 Å². The van der Waals surface area contributed by atoms with Crippen molar-refractivity contribution >= 4 is 11.0 Å². The number of fused-ring (bicyclic) bond motifs is 1. The largest absolute Gasteiger partial charge is 0.331 e. The molecule has 0 saturated carbocycles. The van der Waals surface area contributed by atoms with Gasteiger partial charge >= 0.3 is 0 Å². The van der Waals surface area contributed by atoms with E-state index in [1.165, 1.54) is 6.07 Å². The van der Waals surface area contributed by atoms with Gasteiger partial charge in [-0.1, -0.05) is 19.9 Å². The summed E-state index contributed by atoms with van der Waals surface area (Å²) in [5.41, 5.74) is 7.04. The number of nitrogens with zero attached hydrogens (tertiary/aromatic N) is 2. The van der Waals surface area contributed by atoms with Crippen LogP contribution in [-0.2, 0) is 7.05 Å². The monoisotopic (exact) mass is 235 g/mol. The first kappa shape index (κ1) is 12.0. The van der Waals surface area contributed by atoms with E-state index in [0.717, 1.165) is 11.3 Å². The minimum absolute atomic E-state index is 0.159. The number of rotatable bonds is 3. The van der Waals surface area contributed by atoms with Crippen LogP contribution in [0.3, 0.4) is 0 Å². The van der Waals surface area contributed by atoms with Crippen LogP contribution in [0.4, 0.5) is 4.39 Å². The van der Waals surface area contributed by atoms with Gasteiger partial charge in [0.25, 0.3) is 0 Å². The number of imidazole rings is 1. The SMILES string of the molecule is CC(C)C(CN)c1nc2c(F)cccc2n1C. The third-order valence-electron chi connectivity index (χ3n) is 3.29. The molecule has 0 aliphatic rings. The third kappa shape index (κ3) is 1.93. The molecule has 17 heavy (non-hydrogen) atoms. The molecule has 1 atom stereocenters.